The van der Waals surface area contributed by atoms with Crippen molar-refractivity contribution in [2.75, 3.05) is 6.54 Å². The molecule has 4 rings (SSSR count). The Labute approximate surface area is 195 Å². The Bertz CT molecular complexity index is 1380. The normalized spacial score (nSPS) is 15.1. The summed E-state index contributed by atoms with van der Waals surface area (Å²) in [7, 11) is 0. The lowest BCUT2D eigenvalue weighted by Crippen LogP contribution is -2.43. The van der Waals surface area contributed by atoms with Gasteiger partial charge in [0, 0.05) is 29.8 Å². The van der Waals surface area contributed by atoms with Gasteiger partial charge in [0.1, 0.15) is 23.2 Å². The molecule has 1 aliphatic rings. The lowest BCUT2D eigenvalue weighted by Gasteiger charge is -2.27. The van der Waals surface area contributed by atoms with Crippen LogP contribution in [-0.4, -0.2) is 28.2 Å². The molecule has 0 saturated heterocycles. The van der Waals surface area contributed by atoms with Gasteiger partial charge in [-0.3, -0.25) is 24.6 Å². The molecule has 8 nitrogen and oxygen atoms in total. The highest BCUT2D eigenvalue weighted by atomic mass is 16.6. The van der Waals surface area contributed by atoms with Crippen molar-refractivity contribution in [1.29, 1.82) is 5.26 Å². The molecule has 3 aromatic rings. The summed E-state index contributed by atoms with van der Waals surface area (Å²) in [5.41, 5.74) is 1.99. The minimum Gasteiger partial charge on any atom is -0.457 e. The van der Waals surface area contributed by atoms with Crippen molar-refractivity contribution in [3.8, 4) is 17.4 Å². The second-order valence-corrected chi connectivity index (χ2v) is 7.67. The zero-order valence-corrected chi connectivity index (χ0v) is 18.2. The van der Waals surface area contributed by atoms with Crippen LogP contribution >= 0.6 is 0 Å². The molecule has 34 heavy (non-hydrogen) atoms. The van der Waals surface area contributed by atoms with Crippen molar-refractivity contribution in [3.63, 3.8) is 0 Å². The maximum absolute atomic E-state index is 13.2. The average molecular weight is 453 g/mol. The molecular formula is C26H19N3O5. The molecule has 2 aromatic carbocycles. The van der Waals surface area contributed by atoms with E-state index in [4.69, 9.17) is 4.42 Å². The van der Waals surface area contributed by atoms with Crippen LogP contribution in [0.3, 0.4) is 0 Å². The Hall–Kier alpha value is -4.77. The van der Waals surface area contributed by atoms with Crippen LogP contribution in [0, 0.1) is 21.4 Å². The molecule has 1 aliphatic heterocycles. The number of nitriles is 1. The van der Waals surface area contributed by atoms with Crippen molar-refractivity contribution in [2.45, 2.75) is 13.3 Å². The van der Waals surface area contributed by atoms with E-state index in [2.05, 4.69) is 0 Å². The average Bonchev–Trinajstić information content (AvgIpc) is 3.31. The molecule has 0 bridgehead atoms. The standard InChI is InChI=1S/C26H19N3O5/c1-17-22(15-21-11-12-24(34-21)19-7-9-20(10-8-19)29(32)33)25(30)28(26(31)23(17)16-27)14-13-18-5-3-2-4-6-18/h2-12,15H,13-14H2,1H3/b22-15+. The predicted molar refractivity (Wildman–Crippen MR) is 124 cm³/mol. The number of amides is 2. The number of nitrogens with zero attached hydrogens (tertiary/aromatic N) is 3. The summed E-state index contributed by atoms with van der Waals surface area (Å²) in [4.78, 5) is 37.4. The number of nitro groups is 1. The van der Waals surface area contributed by atoms with E-state index < -0.39 is 16.7 Å². The van der Waals surface area contributed by atoms with Gasteiger partial charge in [-0.2, -0.15) is 5.26 Å². The molecule has 8 heteroatoms. The van der Waals surface area contributed by atoms with E-state index in [1.54, 1.807) is 31.2 Å². The first-order valence-electron chi connectivity index (χ1n) is 10.5. The number of hydrogen-bond acceptors (Lipinski definition) is 6. The molecule has 0 saturated carbocycles. The zero-order chi connectivity index (χ0) is 24.2. The van der Waals surface area contributed by atoms with Gasteiger partial charge in [-0.15, -0.1) is 0 Å². The number of nitro benzene ring substituents is 1. The van der Waals surface area contributed by atoms with Crippen LogP contribution in [0.4, 0.5) is 5.69 Å². The van der Waals surface area contributed by atoms with Crippen LogP contribution in [0.15, 0.2) is 87.9 Å². The highest BCUT2D eigenvalue weighted by Gasteiger charge is 2.35. The van der Waals surface area contributed by atoms with Gasteiger partial charge in [0.05, 0.1) is 4.92 Å². The van der Waals surface area contributed by atoms with Gasteiger partial charge in [0.25, 0.3) is 17.5 Å². The third-order valence-electron chi connectivity index (χ3n) is 5.57. The molecular weight excluding hydrogens is 434 g/mol. The Balaban J connectivity index is 1.63. The van der Waals surface area contributed by atoms with Gasteiger partial charge >= 0.3 is 0 Å². The molecule has 0 aliphatic carbocycles. The van der Waals surface area contributed by atoms with E-state index in [9.17, 15) is 25.0 Å². The largest absolute Gasteiger partial charge is 0.457 e. The fourth-order valence-corrected chi connectivity index (χ4v) is 3.69. The quantitative estimate of drug-likeness (QED) is 0.231. The number of furan rings is 1. The first-order chi connectivity index (χ1) is 16.4. The number of carbonyl (C=O) groups is 2. The molecule has 0 unspecified atom stereocenters. The summed E-state index contributed by atoms with van der Waals surface area (Å²) in [6.45, 7) is 1.71. The topological polar surface area (TPSA) is 117 Å². The summed E-state index contributed by atoms with van der Waals surface area (Å²) < 4.78 is 5.82. The van der Waals surface area contributed by atoms with Crippen LogP contribution in [0.5, 0.6) is 0 Å². The van der Waals surface area contributed by atoms with E-state index >= 15 is 0 Å². The Morgan fingerprint density at radius 1 is 1.03 bits per heavy atom. The smallest absolute Gasteiger partial charge is 0.271 e. The lowest BCUT2D eigenvalue weighted by molar-refractivity contribution is -0.384. The molecule has 2 heterocycles. The third-order valence-corrected chi connectivity index (χ3v) is 5.57. The van der Waals surface area contributed by atoms with E-state index in [1.165, 1.54) is 18.2 Å². The van der Waals surface area contributed by atoms with Crippen molar-refractivity contribution < 1.29 is 18.9 Å². The molecule has 0 N–H and O–H groups in total. The maximum Gasteiger partial charge on any atom is 0.271 e. The number of carbonyl (C=O) groups excluding carboxylic acids is 2. The lowest BCUT2D eigenvalue weighted by atomic mass is 9.94. The number of hydrogen-bond donors (Lipinski definition) is 0. The Morgan fingerprint density at radius 2 is 1.74 bits per heavy atom. The van der Waals surface area contributed by atoms with Gasteiger partial charge in [0.2, 0.25) is 0 Å². The first kappa shape index (κ1) is 22.4. The van der Waals surface area contributed by atoms with Gasteiger partial charge in [-0.1, -0.05) is 30.3 Å². The summed E-state index contributed by atoms with van der Waals surface area (Å²) >= 11 is 0. The number of benzene rings is 2. The van der Waals surface area contributed by atoms with Gasteiger partial charge in [-0.05, 0) is 54.8 Å². The second-order valence-electron chi connectivity index (χ2n) is 7.67. The van der Waals surface area contributed by atoms with E-state index in [0.29, 0.717) is 29.1 Å². The molecule has 0 atom stereocenters. The van der Waals surface area contributed by atoms with Gasteiger partial charge in [-0.25, -0.2) is 0 Å². The summed E-state index contributed by atoms with van der Waals surface area (Å²) in [6.07, 6.45) is 1.97. The van der Waals surface area contributed by atoms with E-state index in [0.717, 1.165) is 10.5 Å². The minimum atomic E-state index is -0.607. The monoisotopic (exact) mass is 453 g/mol. The minimum absolute atomic E-state index is 0.0319. The molecule has 2 amide bonds. The molecule has 0 fully saturated rings. The summed E-state index contributed by atoms with van der Waals surface area (Å²) in [5.74, 6) is -0.287. The van der Waals surface area contributed by atoms with Gasteiger partial charge in [0.15, 0.2) is 0 Å². The van der Waals surface area contributed by atoms with E-state index in [1.807, 2.05) is 36.4 Å². The van der Waals surface area contributed by atoms with Gasteiger partial charge < -0.3 is 4.42 Å². The van der Waals surface area contributed by atoms with Crippen LogP contribution in [0.2, 0.25) is 0 Å². The van der Waals surface area contributed by atoms with Crippen LogP contribution in [0.1, 0.15) is 18.2 Å². The molecule has 168 valence electrons. The van der Waals surface area contributed by atoms with Crippen LogP contribution < -0.4 is 0 Å². The molecule has 1 aromatic heterocycles. The highest BCUT2D eigenvalue weighted by molar-refractivity contribution is 6.19. The first-order valence-corrected chi connectivity index (χ1v) is 10.5. The molecule has 0 spiro atoms. The summed E-state index contributed by atoms with van der Waals surface area (Å²) in [5, 5.41) is 20.4. The van der Waals surface area contributed by atoms with Crippen LogP contribution in [-0.2, 0) is 16.0 Å². The van der Waals surface area contributed by atoms with Crippen LogP contribution in [0.25, 0.3) is 17.4 Å². The van der Waals surface area contributed by atoms with Crippen molar-refractivity contribution >= 4 is 23.6 Å². The second kappa shape index (κ2) is 9.38. The van der Waals surface area contributed by atoms with Crippen molar-refractivity contribution in [2.24, 2.45) is 0 Å². The fourth-order valence-electron chi connectivity index (χ4n) is 3.69. The molecule has 0 radical (unpaired) electrons. The van der Waals surface area contributed by atoms with E-state index in [-0.39, 0.29) is 23.4 Å². The zero-order valence-electron chi connectivity index (χ0n) is 18.2. The Morgan fingerprint density at radius 3 is 2.38 bits per heavy atom. The number of rotatable bonds is 6. The third kappa shape index (κ3) is 4.40. The predicted octanol–water partition coefficient (Wildman–Crippen LogP) is 4.69. The fraction of sp³-hybridized carbons (Fsp3) is 0.115. The highest BCUT2D eigenvalue weighted by Crippen LogP contribution is 2.30. The summed E-state index contributed by atoms with van der Waals surface area (Å²) in [6, 6.07) is 20.6. The maximum atomic E-state index is 13.2. The number of imide groups is 1. The number of non-ortho nitro benzene ring substituents is 1. The SMILES string of the molecule is CC1=C(C#N)C(=O)N(CCc2ccccc2)C(=O)/C1=C/c1ccc(-c2ccc([N+](=O)[O-])cc2)o1. The Kier molecular flexibility index (Phi) is 6.19. The van der Waals surface area contributed by atoms with Crippen molar-refractivity contribution in [3.05, 3.63) is 105 Å². The van der Waals surface area contributed by atoms with Crippen molar-refractivity contribution in [1.82, 2.24) is 4.90 Å².